The number of rotatable bonds is 11. The van der Waals surface area contributed by atoms with E-state index in [1.54, 1.807) is 0 Å². The van der Waals surface area contributed by atoms with E-state index in [2.05, 4.69) is 58.7 Å². The maximum absolute atomic E-state index is 3.58. The van der Waals surface area contributed by atoms with Crippen molar-refractivity contribution in [3.8, 4) is 0 Å². The van der Waals surface area contributed by atoms with Gasteiger partial charge < -0.3 is 10.2 Å². The first-order valence-electron chi connectivity index (χ1n) is 8.68. The van der Waals surface area contributed by atoms with E-state index in [-0.39, 0.29) is 5.54 Å². The highest BCUT2D eigenvalue weighted by molar-refractivity contribution is 4.70. The SMILES string of the molecule is CC(C)CCN(CCCCNC(C)(C)C)CCC(C)C. The van der Waals surface area contributed by atoms with Gasteiger partial charge in [0.1, 0.15) is 0 Å². The minimum absolute atomic E-state index is 0.259. The van der Waals surface area contributed by atoms with E-state index < -0.39 is 0 Å². The summed E-state index contributed by atoms with van der Waals surface area (Å²) in [6, 6.07) is 0. The lowest BCUT2D eigenvalue weighted by molar-refractivity contribution is 0.238. The zero-order valence-corrected chi connectivity index (χ0v) is 15.3. The molecule has 2 heteroatoms. The molecule has 0 aliphatic rings. The Hall–Kier alpha value is -0.0800. The van der Waals surface area contributed by atoms with Crippen LogP contribution in [0.15, 0.2) is 0 Å². The van der Waals surface area contributed by atoms with E-state index in [1.807, 2.05) is 0 Å². The van der Waals surface area contributed by atoms with Gasteiger partial charge >= 0.3 is 0 Å². The van der Waals surface area contributed by atoms with Gasteiger partial charge in [0.05, 0.1) is 0 Å². The fraction of sp³-hybridized carbons (Fsp3) is 1.00. The van der Waals surface area contributed by atoms with Gasteiger partial charge in [-0.05, 0) is 84.5 Å². The fourth-order valence-corrected chi connectivity index (χ4v) is 2.14. The van der Waals surface area contributed by atoms with Gasteiger partial charge in [0.15, 0.2) is 0 Å². The Morgan fingerprint density at radius 2 is 1.30 bits per heavy atom. The summed E-state index contributed by atoms with van der Waals surface area (Å²) in [6.45, 7) is 21.0. The van der Waals surface area contributed by atoms with Gasteiger partial charge in [-0.3, -0.25) is 0 Å². The third-order valence-electron chi connectivity index (χ3n) is 3.60. The molecule has 122 valence electrons. The van der Waals surface area contributed by atoms with Crippen molar-refractivity contribution in [2.45, 2.75) is 79.7 Å². The van der Waals surface area contributed by atoms with Gasteiger partial charge in [0, 0.05) is 5.54 Å². The molecule has 0 heterocycles. The molecule has 1 N–H and O–H groups in total. The molecule has 0 saturated heterocycles. The zero-order valence-electron chi connectivity index (χ0n) is 15.3. The molecule has 0 bridgehead atoms. The molecule has 0 aromatic carbocycles. The van der Waals surface area contributed by atoms with Gasteiger partial charge in [0.25, 0.3) is 0 Å². The second-order valence-electron chi connectivity index (χ2n) is 8.09. The largest absolute Gasteiger partial charge is 0.312 e. The van der Waals surface area contributed by atoms with Gasteiger partial charge in [-0.1, -0.05) is 27.7 Å². The van der Waals surface area contributed by atoms with Crippen LogP contribution in [0.4, 0.5) is 0 Å². The van der Waals surface area contributed by atoms with Crippen LogP contribution in [0.2, 0.25) is 0 Å². The lowest BCUT2D eigenvalue weighted by Crippen LogP contribution is -2.36. The van der Waals surface area contributed by atoms with Crippen LogP contribution < -0.4 is 5.32 Å². The summed E-state index contributed by atoms with van der Waals surface area (Å²) in [7, 11) is 0. The zero-order chi connectivity index (χ0) is 15.6. The van der Waals surface area contributed by atoms with Crippen molar-refractivity contribution in [3.05, 3.63) is 0 Å². The van der Waals surface area contributed by atoms with Crippen molar-refractivity contribution in [2.75, 3.05) is 26.2 Å². The number of hydrogen-bond acceptors (Lipinski definition) is 2. The number of nitrogens with zero attached hydrogens (tertiary/aromatic N) is 1. The van der Waals surface area contributed by atoms with E-state index in [9.17, 15) is 0 Å². The number of hydrogen-bond donors (Lipinski definition) is 1. The fourth-order valence-electron chi connectivity index (χ4n) is 2.14. The van der Waals surface area contributed by atoms with Gasteiger partial charge in [-0.15, -0.1) is 0 Å². The maximum atomic E-state index is 3.58. The standard InChI is InChI=1S/C18H40N2/c1-16(2)10-14-20(15-11-17(3)4)13-9-8-12-19-18(5,6)7/h16-17,19H,8-15H2,1-7H3. The van der Waals surface area contributed by atoms with Crippen molar-refractivity contribution < 1.29 is 0 Å². The average Bonchev–Trinajstić information content (AvgIpc) is 2.29. The summed E-state index contributed by atoms with van der Waals surface area (Å²) in [4.78, 5) is 2.68. The molecule has 0 aromatic heterocycles. The molecule has 0 spiro atoms. The van der Waals surface area contributed by atoms with Gasteiger partial charge in [-0.25, -0.2) is 0 Å². The van der Waals surface area contributed by atoms with Crippen molar-refractivity contribution in [1.29, 1.82) is 0 Å². The van der Waals surface area contributed by atoms with Crippen LogP contribution in [0.3, 0.4) is 0 Å². The number of unbranched alkanes of at least 4 members (excludes halogenated alkanes) is 1. The number of nitrogens with one attached hydrogen (secondary N) is 1. The highest BCUT2D eigenvalue weighted by Crippen LogP contribution is 2.08. The summed E-state index contributed by atoms with van der Waals surface area (Å²) < 4.78 is 0. The molecule has 0 rings (SSSR count). The lowest BCUT2D eigenvalue weighted by atomic mass is 10.1. The molecule has 20 heavy (non-hydrogen) atoms. The highest BCUT2D eigenvalue weighted by atomic mass is 15.1. The van der Waals surface area contributed by atoms with E-state index in [4.69, 9.17) is 0 Å². The van der Waals surface area contributed by atoms with Crippen LogP contribution in [-0.4, -0.2) is 36.6 Å². The smallest absolute Gasteiger partial charge is 0.00965 e. The molecule has 0 radical (unpaired) electrons. The molecule has 0 unspecified atom stereocenters. The molecular formula is C18H40N2. The normalized spacial score (nSPS) is 12.9. The molecule has 0 aliphatic heterocycles. The first-order valence-corrected chi connectivity index (χ1v) is 8.68. The third-order valence-corrected chi connectivity index (χ3v) is 3.60. The van der Waals surface area contributed by atoms with E-state index in [0.717, 1.165) is 18.4 Å². The van der Waals surface area contributed by atoms with E-state index in [0.29, 0.717) is 0 Å². The van der Waals surface area contributed by atoms with Crippen LogP contribution in [0.25, 0.3) is 0 Å². The van der Waals surface area contributed by atoms with Gasteiger partial charge in [-0.2, -0.15) is 0 Å². The molecule has 0 amide bonds. The predicted octanol–water partition coefficient (Wildman–Crippen LogP) is 4.55. The molecule has 0 aliphatic carbocycles. The highest BCUT2D eigenvalue weighted by Gasteiger charge is 2.09. The first kappa shape index (κ1) is 19.9. The quantitative estimate of drug-likeness (QED) is 0.560. The summed E-state index contributed by atoms with van der Waals surface area (Å²) in [6.07, 6.45) is 5.27. The lowest BCUT2D eigenvalue weighted by Gasteiger charge is -2.25. The molecular weight excluding hydrogens is 244 g/mol. The minimum atomic E-state index is 0.259. The average molecular weight is 285 g/mol. The minimum Gasteiger partial charge on any atom is -0.312 e. The van der Waals surface area contributed by atoms with Crippen LogP contribution in [0, 0.1) is 11.8 Å². The van der Waals surface area contributed by atoms with Crippen molar-refractivity contribution >= 4 is 0 Å². The maximum Gasteiger partial charge on any atom is 0.00965 e. The van der Waals surface area contributed by atoms with Crippen LogP contribution >= 0.6 is 0 Å². The summed E-state index contributed by atoms with van der Waals surface area (Å²) in [5.74, 6) is 1.64. The Kier molecular flexibility index (Phi) is 10.6. The Bertz CT molecular complexity index is 204. The second-order valence-corrected chi connectivity index (χ2v) is 8.09. The molecule has 0 saturated carbocycles. The molecule has 0 aromatic rings. The molecule has 0 atom stereocenters. The Morgan fingerprint density at radius 1 is 0.800 bits per heavy atom. The van der Waals surface area contributed by atoms with Crippen molar-refractivity contribution in [1.82, 2.24) is 10.2 Å². The van der Waals surface area contributed by atoms with Crippen LogP contribution in [-0.2, 0) is 0 Å². The van der Waals surface area contributed by atoms with Crippen LogP contribution in [0.1, 0.15) is 74.1 Å². The Balaban J connectivity index is 3.84. The summed E-state index contributed by atoms with van der Waals surface area (Å²) in [5, 5.41) is 3.58. The van der Waals surface area contributed by atoms with E-state index >= 15 is 0 Å². The summed E-state index contributed by atoms with van der Waals surface area (Å²) >= 11 is 0. The third kappa shape index (κ3) is 14.3. The predicted molar refractivity (Wildman–Crippen MR) is 92.3 cm³/mol. The molecule has 2 nitrogen and oxygen atoms in total. The monoisotopic (exact) mass is 284 g/mol. The van der Waals surface area contributed by atoms with Gasteiger partial charge in [0.2, 0.25) is 0 Å². The second kappa shape index (κ2) is 10.6. The first-order chi connectivity index (χ1) is 9.20. The van der Waals surface area contributed by atoms with Crippen LogP contribution in [0.5, 0.6) is 0 Å². The van der Waals surface area contributed by atoms with Crippen molar-refractivity contribution in [2.24, 2.45) is 11.8 Å². The molecule has 0 fully saturated rings. The Labute approximate surface area is 128 Å². The van der Waals surface area contributed by atoms with Crippen molar-refractivity contribution in [3.63, 3.8) is 0 Å². The Morgan fingerprint density at radius 3 is 1.70 bits per heavy atom. The van der Waals surface area contributed by atoms with E-state index in [1.165, 1.54) is 45.3 Å². The summed E-state index contributed by atoms with van der Waals surface area (Å²) in [5.41, 5.74) is 0.259. The topological polar surface area (TPSA) is 15.3 Å².